The fraction of sp³-hybridized carbons (Fsp3) is 0.462. The topological polar surface area (TPSA) is 62.3 Å². The molecule has 0 saturated carbocycles. The Hall–Kier alpha value is -1.43. The number of pyridine rings is 1. The van der Waals surface area contributed by atoms with Gasteiger partial charge >= 0.3 is 0 Å². The number of hydrogen-bond donors (Lipinski definition) is 1. The molecule has 102 valence electrons. The Bertz CT molecular complexity index is 487. The van der Waals surface area contributed by atoms with Crippen LogP contribution >= 0.6 is 15.9 Å². The highest BCUT2D eigenvalue weighted by Gasteiger charge is 2.24. The molecule has 1 aliphatic rings. The van der Waals surface area contributed by atoms with Crippen LogP contribution in [0.3, 0.4) is 0 Å². The molecule has 5 nitrogen and oxygen atoms in total. The van der Waals surface area contributed by atoms with Crippen LogP contribution in [0.25, 0.3) is 0 Å². The number of carbonyl (C=O) groups is 2. The number of carbonyl (C=O) groups excluding carboxylic acids is 2. The van der Waals surface area contributed by atoms with E-state index in [2.05, 4.69) is 26.2 Å². The lowest BCUT2D eigenvalue weighted by Gasteiger charge is -2.21. The Morgan fingerprint density at radius 2 is 2.05 bits per heavy atom. The maximum Gasteiger partial charge on any atom is 0.253 e. The van der Waals surface area contributed by atoms with Crippen molar-refractivity contribution in [3.05, 3.63) is 28.5 Å². The van der Waals surface area contributed by atoms with Gasteiger partial charge in [0, 0.05) is 30.0 Å². The molecule has 1 saturated heterocycles. The van der Waals surface area contributed by atoms with Crippen molar-refractivity contribution >= 4 is 27.7 Å². The van der Waals surface area contributed by atoms with Crippen LogP contribution in [-0.2, 0) is 4.79 Å². The summed E-state index contributed by atoms with van der Waals surface area (Å²) in [6.45, 7) is 3.29. The van der Waals surface area contributed by atoms with E-state index < -0.39 is 6.04 Å². The number of nitrogens with one attached hydrogen (secondary N) is 1. The SMILES string of the molecule is CC(NC(=O)c1cncc(Br)c1)C(=O)N1CCCC1. The third kappa shape index (κ3) is 3.53. The van der Waals surface area contributed by atoms with Crippen LogP contribution in [0.1, 0.15) is 30.1 Å². The number of hydrogen-bond acceptors (Lipinski definition) is 3. The van der Waals surface area contributed by atoms with Gasteiger partial charge in [-0.05, 0) is 41.8 Å². The van der Waals surface area contributed by atoms with Gasteiger partial charge in [-0.1, -0.05) is 0 Å². The summed E-state index contributed by atoms with van der Waals surface area (Å²) in [4.78, 5) is 29.8. The van der Waals surface area contributed by atoms with E-state index in [0.717, 1.165) is 30.4 Å². The summed E-state index contributed by atoms with van der Waals surface area (Å²) in [5, 5.41) is 2.71. The number of halogens is 1. The molecule has 1 N–H and O–H groups in total. The fourth-order valence-corrected chi connectivity index (χ4v) is 2.45. The summed E-state index contributed by atoms with van der Waals surface area (Å²) < 4.78 is 0.735. The minimum absolute atomic E-state index is 0.0196. The molecule has 2 rings (SSSR count). The number of likely N-dealkylation sites (tertiary alicyclic amines) is 1. The van der Waals surface area contributed by atoms with E-state index >= 15 is 0 Å². The van der Waals surface area contributed by atoms with Crippen LogP contribution in [0.5, 0.6) is 0 Å². The van der Waals surface area contributed by atoms with Gasteiger partial charge in [0.2, 0.25) is 5.91 Å². The first-order valence-corrected chi connectivity index (χ1v) is 7.07. The average Bonchev–Trinajstić information content (AvgIpc) is 2.91. The van der Waals surface area contributed by atoms with Crippen molar-refractivity contribution in [2.24, 2.45) is 0 Å². The van der Waals surface area contributed by atoms with Gasteiger partial charge in [0.25, 0.3) is 5.91 Å². The maximum atomic E-state index is 12.1. The summed E-state index contributed by atoms with van der Waals surface area (Å²) >= 11 is 3.26. The van der Waals surface area contributed by atoms with Crippen molar-refractivity contribution in [2.45, 2.75) is 25.8 Å². The highest BCUT2D eigenvalue weighted by atomic mass is 79.9. The zero-order valence-electron chi connectivity index (χ0n) is 10.7. The molecule has 1 unspecified atom stereocenters. The first-order valence-electron chi connectivity index (χ1n) is 6.28. The number of nitrogens with zero attached hydrogens (tertiary/aromatic N) is 2. The Labute approximate surface area is 120 Å². The van der Waals surface area contributed by atoms with Crippen molar-refractivity contribution in [2.75, 3.05) is 13.1 Å². The molecule has 2 heterocycles. The molecule has 1 aromatic heterocycles. The molecular formula is C13H16BrN3O2. The van der Waals surface area contributed by atoms with Crippen LogP contribution in [-0.4, -0.2) is 40.8 Å². The van der Waals surface area contributed by atoms with Crippen molar-refractivity contribution in [3.8, 4) is 0 Å². The summed E-state index contributed by atoms with van der Waals surface area (Å²) in [6, 6.07) is 1.17. The monoisotopic (exact) mass is 325 g/mol. The van der Waals surface area contributed by atoms with E-state index in [1.807, 2.05) is 0 Å². The third-order valence-electron chi connectivity index (χ3n) is 3.10. The maximum absolute atomic E-state index is 12.1. The summed E-state index contributed by atoms with van der Waals surface area (Å²) in [6.07, 6.45) is 5.17. The Balaban J connectivity index is 1.96. The number of amides is 2. The Morgan fingerprint density at radius 3 is 2.68 bits per heavy atom. The largest absolute Gasteiger partial charge is 0.341 e. The predicted molar refractivity (Wildman–Crippen MR) is 74.7 cm³/mol. The molecule has 1 aliphatic heterocycles. The second-order valence-corrected chi connectivity index (χ2v) is 5.54. The third-order valence-corrected chi connectivity index (χ3v) is 3.54. The van der Waals surface area contributed by atoms with Gasteiger partial charge < -0.3 is 10.2 Å². The van der Waals surface area contributed by atoms with E-state index in [0.29, 0.717) is 5.56 Å². The van der Waals surface area contributed by atoms with E-state index in [9.17, 15) is 9.59 Å². The average molecular weight is 326 g/mol. The quantitative estimate of drug-likeness (QED) is 0.917. The van der Waals surface area contributed by atoms with Gasteiger partial charge in [-0.25, -0.2) is 0 Å². The highest BCUT2D eigenvalue weighted by molar-refractivity contribution is 9.10. The lowest BCUT2D eigenvalue weighted by molar-refractivity contribution is -0.131. The molecule has 1 fully saturated rings. The summed E-state index contributed by atoms with van der Waals surface area (Å²) in [7, 11) is 0. The Kier molecular flexibility index (Phi) is 4.52. The van der Waals surface area contributed by atoms with Crippen LogP contribution in [0, 0.1) is 0 Å². The molecule has 6 heteroatoms. The minimum atomic E-state index is -0.510. The highest BCUT2D eigenvalue weighted by Crippen LogP contribution is 2.11. The van der Waals surface area contributed by atoms with Gasteiger partial charge in [-0.3, -0.25) is 14.6 Å². The van der Waals surface area contributed by atoms with Crippen LogP contribution in [0.15, 0.2) is 22.9 Å². The van der Waals surface area contributed by atoms with E-state index in [-0.39, 0.29) is 11.8 Å². The predicted octanol–water partition coefficient (Wildman–Crippen LogP) is 1.58. The van der Waals surface area contributed by atoms with Gasteiger partial charge in [-0.15, -0.1) is 0 Å². The first kappa shape index (κ1) is 14.0. The van der Waals surface area contributed by atoms with Gasteiger partial charge in [0.1, 0.15) is 6.04 Å². The molecule has 0 aliphatic carbocycles. The fourth-order valence-electron chi connectivity index (χ4n) is 2.09. The zero-order chi connectivity index (χ0) is 13.8. The smallest absolute Gasteiger partial charge is 0.253 e. The number of rotatable bonds is 3. The van der Waals surface area contributed by atoms with E-state index in [1.165, 1.54) is 6.20 Å². The Morgan fingerprint density at radius 1 is 1.37 bits per heavy atom. The normalized spacial score (nSPS) is 16.2. The number of aromatic nitrogens is 1. The van der Waals surface area contributed by atoms with Gasteiger partial charge in [0.05, 0.1) is 5.56 Å². The second kappa shape index (κ2) is 6.14. The van der Waals surface area contributed by atoms with Gasteiger partial charge in [0.15, 0.2) is 0 Å². The molecule has 0 bridgehead atoms. The summed E-state index contributed by atoms with van der Waals surface area (Å²) in [5.41, 5.74) is 0.440. The molecule has 1 aromatic rings. The molecular weight excluding hydrogens is 310 g/mol. The van der Waals surface area contributed by atoms with Gasteiger partial charge in [-0.2, -0.15) is 0 Å². The lowest BCUT2D eigenvalue weighted by atomic mass is 10.2. The van der Waals surface area contributed by atoms with E-state index in [1.54, 1.807) is 24.1 Å². The lowest BCUT2D eigenvalue weighted by Crippen LogP contribution is -2.45. The van der Waals surface area contributed by atoms with Crippen LogP contribution in [0.2, 0.25) is 0 Å². The molecule has 19 heavy (non-hydrogen) atoms. The molecule has 0 radical (unpaired) electrons. The standard InChI is InChI=1S/C13H16BrN3O2/c1-9(13(19)17-4-2-3-5-17)16-12(18)10-6-11(14)8-15-7-10/h6-9H,2-5H2,1H3,(H,16,18). The summed E-state index contributed by atoms with van der Waals surface area (Å²) in [5.74, 6) is -0.303. The molecule has 0 aromatic carbocycles. The molecule has 2 amide bonds. The minimum Gasteiger partial charge on any atom is -0.341 e. The van der Waals surface area contributed by atoms with Crippen molar-refractivity contribution in [1.82, 2.24) is 15.2 Å². The second-order valence-electron chi connectivity index (χ2n) is 4.62. The molecule has 1 atom stereocenters. The van der Waals surface area contributed by atoms with Crippen molar-refractivity contribution in [3.63, 3.8) is 0 Å². The van der Waals surface area contributed by atoms with Crippen molar-refractivity contribution in [1.29, 1.82) is 0 Å². The van der Waals surface area contributed by atoms with Crippen LogP contribution in [0.4, 0.5) is 0 Å². The zero-order valence-corrected chi connectivity index (χ0v) is 12.3. The first-order chi connectivity index (χ1) is 9.08. The van der Waals surface area contributed by atoms with E-state index in [4.69, 9.17) is 0 Å². The van der Waals surface area contributed by atoms with Crippen LogP contribution < -0.4 is 5.32 Å². The molecule has 0 spiro atoms. The van der Waals surface area contributed by atoms with Crippen molar-refractivity contribution < 1.29 is 9.59 Å².